The smallest absolute Gasteiger partial charge is 0.146 e. The summed E-state index contributed by atoms with van der Waals surface area (Å²) in [5, 5.41) is 8.23. The lowest BCUT2D eigenvalue weighted by molar-refractivity contribution is 0.594. The van der Waals surface area contributed by atoms with E-state index in [2.05, 4.69) is 24.0 Å². The van der Waals surface area contributed by atoms with Crippen molar-refractivity contribution >= 4 is 0 Å². The Morgan fingerprint density at radius 1 is 1.54 bits per heavy atom. The molecule has 0 aromatic carbocycles. The van der Waals surface area contributed by atoms with Gasteiger partial charge in [-0.2, -0.15) is 0 Å². The molecule has 1 fully saturated rings. The molecule has 0 bridgehead atoms. The fourth-order valence-electron chi connectivity index (χ4n) is 1.76. The summed E-state index contributed by atoms with van der Waals surface area (Å²) < 4.78 is 2.03. The van der Waals surface area contributed by atoms with Gasteiger partial charge in [0, 0.05) is 13.0 Å². The van der Waals surface area contributed by atoms with Crippen molar-refractivity contribution in [2.45, 2.75) is 32.7 Å². The van der Waals surface area contributed by atoms with Gasteiger partial charge < -0.3 is 10.3 Å². The topological polar surface area (TPSA) is 56.7 Å². The predicted molar refractivity (Wildman–Crippen MR) is 50.0 cm³/mol. The molecule has 1 aliphatic rings. The lowest BCUT2D eigenvalue weighted by Gasteiger charge is -2.03. The van der Waals surface area contributed by atoms with Crippen LogP contribution in [0.4, 0.5) is 0 Å². The molecule has 4 nitrogen and oxygen atoms in total. The van der Waals surface area contributed by atoms with Crippen LogP contribution in [0.1, 0.15) is 37.8 Å². The van der Waals surface area contributed by atoms with E-state index in [4.69, 9.17) is 5.73 Å². The molecule has 1 unspecified atom stereocenters. The molecule has 0 radical (unpaired) electrons. The molecule has 0 saturated heterocycles. The van der Waals surface area contributed by atoms with Gasteiger partial charge in [0.15, 0.2) is 0 Å². The van der Waals surface area contributed by atoms with Gasteiger partial charge in [-0.25, -0.2) is 0 Å². The Balaban J connectivity index is 2.28. The fraction of sp³-hybridized carbons (Fsp3) is 0.778. The normalized spacial score (nSPS) is 24.8. The quantitative estimate of drug-likeness (QED) is 0.732. The van der Waals surface area contributed by atoms with Crippen LogP contribution in [-0.4, -0.2) is 14.8 Å². The van der Waals surface area contributed by atoms with Gasteiger partial charge in [-0.05, 0) is 11.8 Å². The average Bonchev–Trinajstić information content (AvgIpc) is 2.55. The van der Waals surface area contributed by atoms with Crippen molar-refractivity contribution in [2.24, 2.45) is 18.2 Å². The van der Waals surface area contributed by atoms with Crippen molar-refractivity contribution in [2.75, 3.05) is 0 Å². The third-order valence-corrected chi connectivity index (χ3v) is 3.01. The highest BCUT2D eigenvalue weighted by atomic mass is 15.3. The molecule has 0 amide bonds. The van der Waals surface area contributed by atoms with E-state index in [0.29, 0.717) is 17.9 Å². The Kier molecular flexibility index (Phi) is 1.70. The maximum Gasteiger partial charge on any atom is 0.146 e. The summed E-state index contributed by atoms with van der Waals surface area (Å²) in [5.74, 6) is 2.54. The number of aromatic nitrogens is 3. The van der Waals surface area contributed by atoms with Gasteiger partial charge in [-0.3, -0.25) is 0 Å². The summed E-state index contributed by atoms with van der Waals surface area (Å²) in [6.45, 7) is 4.99. The molecule has 13 heavy (non-hydrogen) atoms. The SMILES string of the molecule is Cn1c(CN)nnc1C1CC1(C)C. The zero-order valence-corrected chi connectivity index (χ0v) is 8.41. The minimum Gasteiger partial charge on any atom is -0.324 e. The highest BCUT2D eigenvalue weighted by Crippen LogP contribution is 2.57. The van der Waals surface area contributed by atoms with Crippen LogP contribution in [0.15, 0.2) is 0 Å². The van der Waals surface area contributed by atoms with Crippen molar-refractivity contribution in [1.29, 1.82) is 0 Å². The van der Waals surface area contributed by atoms with Gasteiger partial charge in [0.05, 0.1) is 6.54 Å². The Labute approximate surface area is 78.1 Å². The van der Waals surface area contributed by atoms with Gasteiger partial charge >= 0.3 is 0 Å². The summed E-state index contributed by atoms with van der Waals surface area (Å²) in [4.78, 5) is 0. The van der Waals surface area contributed by atoms with Crippen molar-refractivity contribution in [3.63, 3.8) is 0 Å². The summed E-state index contributed by atoms with van der Waals surface area (Å²) in [5.41, 5.74) is 5.94. The first-order valence-electron chi connectivity index (χ1n) is 4.64. The molecule has 2 N–H and O–H groups in total. The molecule has 1 aliphatic carbocycles. The maximum absolute atomic E-state index is 5.53. The molecule has 2 rings (SSSR count). The standard InChI is InChI=1S/C9H16N4/c1-9(2)4-6(9)8-12-11-7(5-10)13(8)3/h6H,4-5,10H2,1-3H3. The summed E-state index contributed by atoms with van der Waals surface area (Å²) in [6, 6.07) is 0. The molecule has 4 heteroatoms. The van der Waals surface area contributed by atoms with Gasteiger partial charge in [-0.1, -0.05) is 13.8 Å². The summed E-state index contributed by atoms with van der Waals surface area (Å²) in [7, 11) is 1.99. The van der Waals surface area contributed by atoms with E-state index in [1.54, 1.807) is 0 Å². The van der Waals surface area contributed by atoms with Crippen LogP contribution in [0.25, 0.3) is 0 Å². The van der Waals surface area contributed by atoms with E-state index in [0.717, 1.165) is 11.6 Å². The van der Waals surface area contributed by atoms with Crippen molar-refractivity contribution in [3.05, 3.63) is 11.6 Å². The molecule has 1 aromatic heterocycles. The largest absolute Gasteiger partial charge is 0.324 e. The second kappa shape index (κ2) is 2.54. The number of rotatable bonds is 2. The van der Waals surface area contributed by atoms with Crippen LogP contribution >= 0.6 is 0 Å². The van der Waals surface area contributed by atoms with Crippen LogP contribution in [0, 0.1) is 5.41 Å². The van der Waals surface area contributed by atoms with Crippen LogP contribution in [-0.2, 0) is 13.6 Å². The fourth-order valence-corrected chi connectivity index (χ4v) is 1.76. The minimum atomic E-state index is 0.409. The van der Waals surface area contributed by atoms with E-state index >= 15 is 0 Å². The highest BCUT2D eigenvalue weighted by molar-refractivity contribution is 5.16. The molecule has 1 saturated carbocycles. The van der Waals surface area contributed by atoms with E-state index in [1.807, 2.05) is 11.6 Å². The Morgan fingerprint density at radius 3 is 2.54 bits per heavy atom. The first kappa shape index (κ1) is 8.69. The highest BCUT2D eigenvalue weighted by Gasteiger charge is 2.49. The second-order valence-electron chi connectivity index (χ2n) is 4.48. The molecular formula is C9H16N4. The molecular weight excluding hydrogens is 164 g/mol. The Morgan fingerprint density at radius 2 is 2.15 bits per heavy atom. The zero-order valence-electron chi connectivity index (χ0n) is 8.41. The first-order chi connectivity index (χ1) is 6.06. The minimum absolute atomic E-state index is 0.409. The predicted octanol–water partition coefficient (Wildman–Crippen LogP) is 0.787. The second-order valence-corrected chi connectivity index (χ2v) is 4.48. The molecule has 1 heterocycles. The Hall–Kier alpha value is -0.900. The van der Waals surface area contributed by atoms with E-state index in [1.165, 1.54) is 6.42 Å². The Bertz CT molecular complexity index is 326. The maximum atomic E-state index is 5.53. The van der Waals surface area contributed by atoms with Crippen molar-refractivity contribution in [1.82, 2.24) is 14.8 Å². The average molecular weight is 180 g/mol. The molecule has 0 aliphatic heterocycles. The first-order valence-corrected chi connectivity index (χ1v) is 4.64. The van der Waals surface area contributed by atoms with Crippen molar-refractivity contribution < 1.29 is 0 Å². The third-order valence-electron chi connectivity index (χ3n) is 3.01. The zero-order chi connectivity index (χ0) is 9.64. The van der Waals surface area contributed by atoms with Gasteiger partial charge in [0.1, 0.15) is 11.6 Å². The third kappa shape index (κ3) is 1.25. The van der Waals surface area contributed by atoms with Gasteiger partial charge in [-0.15, -0.1) is 10.2 Å². The summed E-state index contributed by atoms with van der Waals surface area (Å²) >= 11 is 0. The van der Waals surface area contributed by atoms with Crippen LogP contribution < -0.4 is 5.73 Å². The van der Waals surface area contributed by atoms with Crippen LogP contribution in [0.2, 0.25) is 0 Å². The number of nitrogens with two attached hydrogens (primary N) is 1. The van der Waals surface area contributed by atoms with Crippen LogP contribution in [0.3, 0.4) is 0 Å². The number of hydrogen-bond donors (Lipinski definition) is 1. The van der Waals surface area contributed by atoms with Gasteiger partial charge in [0.25, 0.3) is 0 Å². The molecule has 1 atom stereocenters. The lowest BCUT2D eigenvalue weighted by atomic mass is 10.1. The van der Waals surface area contributed by atoms with E-state index < -0.39 is 0 Å². The lowest BCUT2D eigenvalue weighted by Crippen LogP contribution is -2.07. The molecule has 72 valence electrons. The van der Waals surface area contributed by atoms with Gasteiger partial charge in [0.2, 0.25) is 0 Å². The summed E-state index contributed by atoms with van der Waals surface area (Å²) in [6.07, 6.45) is 1.21. The number of hydrogen-bond acceptors (Lipinski definition) is 3. The number of nitrogens with zero attached hydrogens (tertiary/aromatic N) is 3. The molecule has 1 aromatic rings. The van der Waals surface area contributed by atoms with Crippen molar-refractivity contribution in [3.8, 4) is 0 Å². The van der Waals surface area contributed by atoms with Crippen LogP contribution in [0.5, 0.6) is 0 Å². The van der Waals surface area contributed by atoms with E-state index in [-0.39, 0.29) is 0 Å². The molecule has 0 spiro atoms. The van der Waals surface area contributed by atoms with E-state index in [9.17, 15) is 0 Å². The monoisotopic (exact) mass is 180 g/mol.